The third-order valence-electron chi connectivity index (χ3n) is 6.06. The normalized spacial score (nSPS) is 11.5. The average Bonchev–Trinajstić information content (AvgIpc) is 3.40. The lowest BCUT2D eigenvalue weighted by Gasteiger charge is -2.05. The minimum Gasteiger partial charge on any atom is -0.267 e. The minimum atomic E-state index is -0.0211. The van der Waals surface area contributed by atoms with Gasteiger partial charge in [0, 0.05) is 5.02 Å². The van der Waals surface area contributed by atoms with Gasteiger partial charge in [-0.15, -0.1) is 0 Å². The van der Waals surface area contributed by atoms with E-state index in [4.69, 9.17) is 11.6 Å². The third kappa shape index (κ3) is 4.14. The highest BCUT2D eigenvalue weighted by molar-refractivity contribution is 7.14. The van der Waals surface area contributed by atoms with Crippen LogP contribution in [0.25, 0.3) is 31.5 Å². The fourth-order valence-electron chi connectivity index (χ4n) is 4.23. The van der Waals surface area contributed by atoms with E-state index < -0.39 is 0 Å². The number of benzene rings is 4. The number of hydrogen-bond acceptors (Lipinski definition) is 4. The van der Waals surface area contributed by atoms with Gasteiger partial charge in [-0.25, -0.2) is 7.91 Å². The van der Waals surface area contributed by atoms with E-state index in [2.05, 4.69) is 18.2 Å². The molecule has 35 heavy (non-hydrogen) atoms. The van der Waals surface area contributed by atoms with E-state index in [1.807, 2.05) is 60.7 Å². The molecule has 4 nitrogen and oxygen atoms in total. The summed E-state index contributed by atoms with van der Waals surface area (Å²) in [6, 6.07) is 29.3. The Kier molecular flexibility index (Phi) is 5.65. The molecule has 0 spiro atoms. The van der Waals surface area contributed by atoms with Gasteiger partial charge in [0.25, 0.3) is 11.1 Å². The van der Waals surface area contributed by atoms with Crippen molar-refractivity contribution < 1.29 is 0 Å². The van der Waals surface area contributed by atoms with Gasteiger partial charge in [0.05, 0.1) is 31.5 Å². The van der Waals surface area contributed by atoms with Gasteiger partial charge >= 0.3 is 0 Å². The van der Waals surface area contributed by atoms with Crippen molar-refractivity contribution in [3.8, 4) is 11.4 Å². The van der Waals surface area contributed by atoms with Crippen LogP contribution in [-0.4, -0.2) is 7.91 Å². The van der Waals surface area contributed by atoms with Gasteiger partial charge in [0.15, 0.2) is 0 Å². The highest BCUT2D eigenvalue weighted by Crippen LogP contribution is 2.24. The number of aromatic nitrogens is 2. The zero-order chi connectivity index (χ0) is 23.9. The summed E-state index contributed by atoms with van der Waals surface area (Å²) in [5.74, 6) is 0. The van der Waals surface area contributed by atoms with Crippen molar-refractivity contribution in [3.05, 3.63) is 128 Å². The van der Waals surface area contributed by atoms with Crippen LogP contribution in [0.15, 0.2) is 101 Å². The van der Waals surface area contributed by atoms with Crippen molar-refractivity contribution in [2.24, 2.45) is 0 Å². The standard InChI is InChI=1S/C28H19ClN2O2S2/c29-20-4-3-5-22(17-20)31-28(33)24-16-19(12-15-26(24)35-31)9-8-18-10-13-21(14-11-18)30-27(32)23-6-1-2-7-25(23)34-30/h1-7,10-17H,8-9H2. The predicted molar refractivity (Wildman–Crippen MR) is 147 cm³/mol. The summed E-state index contributed by atoms with van der Waals surface area (Å²) in [6.07, 6.45) is 1.67. The summed E-state index contributed by atoms with van der Waals surface area (Å²) in [5.41, 5.74) is 3.96. The fourth-order valence-corrected chi connectivity index (χ4v) is 6.38. The molecule has 0 aliphatic rings. The van der Waals surface area contributed by atoms with Crippen molar-refractivity contribution in [1.29, 1.82) is 0 Å². The summed E-state index contributed by atoms with van der Waals surface area (Å²) in [6.45, 7) is 0. The van der Waals surface area contributed by atoms with E-state index in [-0.39, 0.29) is 11.1 Å². The van der Waals surface area contributed by atoms with Crippen molar-refractivity contribution >= 4 is 54.8 Å². The Morgan fingerprint density at radius 2 is 1.26 bits per heavy atom. The summed E-state index contributed by atoms with van der Waals surface area (Å²) in [7, 11) is 0. The highest BCUT2D eigenvalue weighted by Gasteiger charge is 2.11. The summed E-state index contributed by atoms with van der Waals surface area (Å²) >= 11 is 9.01. The Bertz CT molecular complexity index is 1810. The first-order chi connectivity index (χ1) is 17.1. The third-order valence-corrected chi connectivity index (χ3v) is 8.51. The lowest BCUT2D eigenvalue weighted by atomic mass is 10.0. The maximum Gasteiger partial charge on any atom is 0.273 e. The van der Waals surface area contributed by atoms with Crippen LogP contribution < -0.4 is 11.1 Å². The van der Waals surface area contributed by atoms with Crippen LogP contribution in [0.4, 0.5) is 0 Å². The van der Waals surface area contributed by atoms with E-state index in [1.165, 1.54) is 28.6 Å². The lowest BCUT2D eigenvalue weighted by Crippen LogP contribution is -2.10. The second-order valence-electron chi connectivity index (χ2n) is 8.35. The Hall–Kier alpha value is -3.45. The number of halogens is 1. The molecule has 2 heterocycles. The molecule has 0 bridgehead atoms. The van der Waals surface area contributed by atoms with Crippen LogP contribution in [0.5, 0.6) is 0 Å². The zero-order valence-corrected chi connectivity index (χ0v) is 20.9. The topological polar surface area (TPSA) is 44.0 Å². The highest BCUT2D eigenvalue weighted by atomic mass is 35.5. The maximum absolute atomic E-state index is 13.0. The molecule has 0 fully saturated rings. The fraction of sp³-hybridized carbons (Fsp3) is 0.0714. The molecule has 0 radical (unpaired) electrons. The van der Waals surface area contributed by atoms with Crippen LogP contribution in [0.2, 0.25) is 5.02 Å². The first kappa shape index (κ1) is 22.0. The first-order valence-corrected chi connectivity index (χ1v) is 13.1. The molecule has 4 aromatic carbocycles. The van der Waals surface area contributed by atoms with Crippen molar-refractivity contribution in [3.63, 3.8) is 0 Å². The van der Waals surface area contributed by atoms with Crippen LogP contribution in [-0.2, 0) is 12.8 Å². The molecule has 2 aromatic heterocycles. The van der Waals surface area contributed by atoms with Gasteiger partial charge in [-0.1, -0.05) is 71.1 Å². The summed E-state index contributed by atoms with van der Waals surface area (Å²) in [4.78, 5) is 25.7. The lowest BCUT2D eigenvalue weighted by molar-refractivity contribution is 0.960. The minimum absolute atomic E-state index is 0.0193. The van der Waals surface area contributed by atoms with Crippen molar-refractivity contribution in [2.45, 2.75) is 12.8 Å². The average molecular weight is 515 g/mol. The maximum atomic E-state index is 13.0. The van der Waals surface area contributed by atoms with Gasteiger partial charge in [-0.05, 0) is 78.6 Å². The van der Waals surface area contributed by atoms with Gasteiger partial charge < -0.3 is 0 Å². The molecule has 0 aliphatic heterocycles. The molecule has 0 saturated heterocycles. The molecule has 6 aromatic rings. The smallest absolute Gasteiger partial charge is 0.267 e. The van der Waals surface area contributed by atoms with Crippen LogP contribution >= 0.6 is 34.7 Å². The monoisotopic (exact) mass is 514 g/mol. The Labute approximate surface area is 214 Å². The number of rotatable bonds is 5. The second kappa shape index (κ2) is 8.96. The summed E-state index contributed by atoms with van der Waals surface area (Å²) < 4.78 is 5.37. The summed E-state index contributed by atoms with van der Waals surface area (Å²) in [5, 5.41) is 2.09. The Balaban J connectivity index is 1.22. The zero-order valence-electron chi connectivity index (χ0n) is 18.5. The Morgan fingerprint density at radius 3 is 2.03 bits per heavy atom. The molecule has 6 rings (SSSR count). The van der Waals surface area contributed by atoms with Crippen molar-refractivity contribution in [2.75, 3.05) is 0 Å². The largest absolute Gasteiger partial charge is 0.273 e. The predicted octanol–water partition coefficient (Wildman–Crippen LogP) is 6.86. The number of aryl methyl sites for hydroxylation is 2. The molecular weight excluding hydrogens is 496 g/mol. The molecule has 0 unspecified atom stereocenters. The first-order valence-electron chi connectivity index (χ1n) is 11.2. The van der Waals surface area contributed by atoms with Crippen LogP contribution in [0.1, 0.15) is 11.1 Å². The molecule has 0 amide bonds. The van der Waals surface area contributed by atoms with Crippen LogP contribution in [0.3, 0.4) is 0 Å². The molecule has 0 N–H and O–H groups in total. The van der Waals surface area contributed by atoms with E-state index in [0.717, 1.165) is 50.0 Å². The molecule has 0 atom stereocenters. The molecule has 0 saturated carbocycles. The van der Waals surface area contributed by atoms with Crippen LogP contribution in [0, 0.1) is 0 Å². The number of fused-ring (bicyclic) bond motifs is 2. The van der Waals surface area contributed by atoms with Gasteiger partial charge in [0.1, 0.15) is 0 Å². The number of hydrogen-bond donors (Lipinski definition) is 0. The quantitative estimate of drug-likeness (QED) is 0.252. The molecular formula is C28H19ClN2O2S2. The second-order valence-corrected chi connectivity index (χ2v) is 10.8. The number of nitrogens with zero attached hydrogens (tertiary/aromatic N) is 2. The molecule has 172 valence electrons. The van der Waals surface area contributed by atoms with E-state index in [9.17, 15) is 9.59 Å². The van der Waals surface area contributed by atoms with E-state index in [0.29, 0.717) is 5.02 Å². The molecule has 0 aliphatic carbocycles. The van der Waals surface area contributed by atoms with Gasteiger partial charge in [0.2, 0.25) is 0 Å². The van der Waals surface area contributed by atoms with E-state index in [1.54, 1.807) is 20.0 Å². The Morgan fingerprint density at radius 1 is 0.600 bits per heavy atom. The van der Waals surface area contributed by atoms with Gasteiger partial charge in [-0.3, -0.25) is 9.59 Å². The van der Waals surface area contributed by atoms with Gasteiger partial charge in [-0.2, -0.15) is 0 Å². The molecule has 7 heteroatoms. The SMILES string of the molecule is O=c1c2ccccc2sn1-c1ccc(CCc2ccc3sn(-c4cccc(Cl)c4)c(=O)c3c2)cc1. The van der Waals surface area contributed by atoms with E-state index >= 15 is 0 Å². The van der Waals surface area contributed by atoms with Crippen molar-refractivity contribution in [1.82, 2.24) is 7.91 Å².